The Labute approximate surface area is 215 Å². The molecule has 1 aliphatic rings. The quantitative estimate of drug-likeness (QED) is 0.322. The zero-order chi connectivity index (χ0) is 26.0. The highest BCUT2D eigenvalue weighted by Crippen LogP contribution is 2.30. The molecule has 0 unspecified atom stereocenters. The third kappa shape index (κ3) is 5.70. The summed E-state index contributed by atoms with van der Waals surface area (Å²) in [6.45, 7) is 8.37. The molecule has 4 aromatic rings. The minimum atomic E-state index is -0.549. The molecule has 10 nitrogen and oxygen atoms in total. The van der Waals surface area contributed by atoms with E-state index in [1.165, 1.54) is 0 Å². The molecule has 1 aliphatic heterocycles. The van der Waals surface area contributed by atoms with Crippen molar-refractivity contribution in [2.24, 2.45) is 0 Å². The SMILES string of the molecule is COCC1(NC(=O)OC(C)(C)C)CCN(Cc2c[nH]c3ncnc(Nc4ccc5occc5c4)c23)CC1. The number of likely N-dealkylation sites (tertiary alicyclic amines) is 1. The molecule has 10 heteroatoms. The predicted molar refractivity (Wildman–Crippen MR) is 142 cm³/mol. The number of ether oxygens (including phenoxy) is 2. The van der Waals surface area contributed by atoms with Gasteiger partial charge in [-0.15, -0.1) is 0 Å². The number of carbonyl (C=O) groups excluding carboxylic acids is 1. The summed E-state index contributed by atoms with van der Waals surface area (Å²) >= 11 is 0. The van der Waals surface area contributed by atoms with Crippen molar-refractivity contribution in [1.29, 1.82) is 0 Å². The molecule has 196 valence electrons. The first-order valence-electron chi connectivity index (χ1n) is 12.5. The van der Waals surface area contributed by atoms with Crippen LogP contribution < -0.4 is 10.6 Å². The number of methoxy groups -OCH3 is 1. The second-order valence-electron chi connectivity index (χ2n) is 10.7. The molecular formula is C27H34N6O4. The number of nitrogens with one attached hydrogen (secondary N) is 3. The van der Waals surface area contributed by atoms with Crippen molar-refractivity contribution in [1.82, 2.24) is 25.2 Å². The Kier molecular flexibility index (Phi) is 6.78. The van der Waals surface area contributed by atoms with Crippen molar-refractivity contribution in [2.45, 2.75) is 51.3 Å². The van der Waals surface area contributed by atoms with E-state index in [9.17, 15) is 4.79 Å². The van der Waals surface area contributed by atoms with Crippen LogP contribution in [-0.4, -0.2) is 63.9 Å². The minimum absolute atomic E-state index is 0.406. The van der Waals surface area contributed by atoms with Crippen LogP contribution >= 0.6 is 0 Å². The second-order valence-corrected chi connectivity index (χ2v) is 10.7. The zero-order valence-corrected chi connectivity index (χ0v) is 21.8. The van der Waals surface area contributed by atoms with E-state index in [2.05, 4.69) is 30.5 Å². The monoisotopic (exact) mass is 506 g/mol. The van der Waals surface area contributed by atoms with Crippen molar-refractivity contribution in [3.8, 4) is 0 Å². The number of anilines is 2. The molecule has 1 fully saturated rings. The summed E-state index contributed by atoms with van der Waals surface area (Å²) in [5.41, 5.74) is 2.67. The maximum atomic E-state index is 12.5. The first-order valence-corrected chi connectivity index (χ1v) is 12.5. The molecule has 0 spiro atoms. The maximum Gasteiger partial charge on any atom is 0.408 e. The van der Waals surface area contributed by atoms with E-state index in [0.717, 1.165) is 71.5 Å². The van der Waals surface area contributed by atoms with E-state index < -0.39 is 17.2 Å². The molecule has 3 aromatic heterocycles. The molecule has 0 atom stereocenters. The van der Waals surface area contributed by atoms with Gasteiger partial charge >= 0.3 is 6.09 Å². The molecule has 3 N–H and O–H groups in total. The van der Waals surface area contributed by atoms with Crippen LogP contribution in [0.3, 0.4) is 0 Å². The van der Waals surface area contributed by atoms with Crippen LogP contribution in [0.5, 0.6) is 0 Å². The molecule has 0 aliphatic carbocycles. The summed E-state index contributed by atoms with van der Waals surface area (Å²) in [5.74, 6) is 0.751. The molecule has 1 saturated heterocycles. The highest BCUT2D eigenvalue weighted by molar-refractivity contribution is 5.93. The van der Waals surface area contributed by atoms with Crippen molar-refractivity contribution in [3.05, 3.63) is 48.6 Å². The predicted octanol–water partition coefficient (Wildman–Crippen LogP) is 4.95. The average Bonchev–Trinajstić information content (AvgIpc) is 3.47. The van der Waals surface area contributed by atoms with Crippen LogP contribution in [0.25, 0.3) is 22.0 Å². The largest absolute Gasteiger partial charge is 0.464 e. The van der Waals surface area contributed by atoms with Gasteiger partial charge in [0.1, 0.15) is 29.0 Å². The average molecular weight is 507 g/mol. The summed E-state index contributed by atoms with van der Waals surface area (Å²) in [6.07, 6.45) is 6.36. The summed E-state index contributed by atoms with van der Waals surface area (Å²) in [6, 6.07) is 7.90. The lowest BCUT2D eigenvalue weighted by atomic mass is 9.88. The fraction of sp³-hybridized carbons (Fsp3) is 0.444. The minimum Gasteiger partial charge on any atom is -0.464 e. The van der Waals surface area contributed by atoms with Gasteiger partial charge in [0.05, 0.1) is 23.8 Å². The van der Waals surface area contributed by atoms with Crippen molar-refractivity contribution in [2.75, 3.05) is 32.1 Å². The van der Waals surface area contributed by atoms with Gasteiger partial charge in [-0.25, -0.2) is 14.8 Å². The van der Waals surface area contributed by atoms with Gasteiger partial charge in [0, 0.05) is 44.0 Å². The molecule has 0 saturated carbocycles. The third-order valence-corrected chi connectivity index (χ3v) is 6.66. The number of aromatic amines is 1. The van der Waals surface area contributed by atoms with Gasteiger partial charge < -0.3 is 29.5 Å². The number of fused-ring (bicyclic) bond motifs is 2. The number of piperidine rings is 1. The van der Waals surface area contributed by atoms with E-state index >= 15 is 0 Å². The van der Waals surface area contributed by atoms with Gasteiger partial charge in [-0.2, -0.15) is 0 Å². The summed E-state index contributed by atoms with van der Waals surface area (Å²) in [7, 11) is 1.66. The molecule has 37 heavy (non-hydrogen) atoms. The molecular weight excluding hydrogens is 472 g/mol. The van der Waals surface area contributed by atoms with E-state index in [1.807, 2.05) is 51.2 Å². The van der Waals surface area contributed by atoms with Gasteiger partial charge in [0.15, 0.2) is 0 Å². The van der Waals surface area contributed by atoms with Crippen molar-refractivity contribution in [3.63, 3.8) is 0 Å². The number of hydrogen-bond acceptors (Lipinski definition) is 8. The normalized spacial score (nSPS) is 16.2. The molecule has 1 aromatic carbocycles. The number of carbonyl (C=O) groups is 1. The van der Waals surface area contributed by atoms with Crippen LogP contribution in [-0.2, 0) is 16.0 Å². The summed E-state index contributed by atoms with van der Waals surface area (Å²) in [4.78, 5) is 27.1. The standard InChI is InChI=1S/C27H34N6O4/c1-26(2,3)37-25(34)32-27(16-35-4)8-10-33(11-9-27)15-19-14-28-23-22(19)24(30-17-29-23)31-20-5-6-21-18(13-20)7-12-36-21/h5-7,12-14,17H,8-11,15-16H2,1-4H3,(H,32,34)(H2,28,29,30,31). The highest BCUT2D eigenvalue weighted by atomic mass is 16.6. The molecule has 4 heterocycles. The number of hydrogen-bond donors (Lipinski definition) is 3. The Morgan fingerprint density at radius 3 is 2.78 bits per heavy atom. The number of furan rings is 1. The van der Waals surface area contributed by atoms with E-state index in [1.54, 1.807) is 19.7 Å². The Bertz CT molecular complexity index is 1380. The zero-order valence-electron chi connectivity index (χ0n) is 21.8. The first-order chi connectivity index (χ1) is 17.7. The van der Waals surface area contributed by atoms with Crippen LogP contribution in [0.4, 0.5) is 16.3 Å². The molecule has 5 rings (SSSR count). The smallest absolute Gasteiger partial charge is 0.408 e. The van der Waals surface area contributed by atoms with Crippen molar-refractivity contribution >= 4 is 39.6 Å². The van der Waals surface area contributed by atoms with E-state index in [0.29, 0.717) is 6.61 Å². The highest BCUT2D eigenvalue weighted by Gasteiger charge is 2.37. The lowest BCUT2D eigenvalue weighted by Crippen LogP contribution is -2.58. The number of H-pyrrole nitrogens is 1. The van der Waals surface area contributed by atoms with E-state index in [4.69, 9.17) is 13.9 Å². The summed E-state index contributed by atoms with van der Waals surface area (Å²) < 4.78 is 16.4. The van der Waals surface area contributed by atoms with Gasteiger partial charge in [-0.05, 0) is 63.4 Å². The fourth-order valence-corrected chi connectivity index (χ4v) is 4.91. The van der Waals surface area contributed by atoms with Crippen LogP contribution in [0, 0.1) is 0 Å². The van der Waals surface area contributed by atoms with Crippen LogP contribution in [0.1, 0.15) is 39.2 Å². The van der Waals surface area contributed by atoms with Crippen LogP contribution in [0.15, 0.2) is 47.5 Å². The lowest BCUT2D eigenvalue weighted by molar-refractivity contribution is 0.0190. The molecule has 1 amide bonds. The number of alkyl carbamates (subject to hydrolysis) is 1. The molecule has 0 radical (unpaired) electrons. The van der Waals surface area contributed by atoms with Gasteiger partial charge in [0.2, 0.25) is 0 Å². The summed E-state index contributed by atoms with van der Waals surface area (Å²) in [5, 5.41) is 8.54. The first kappa shape index (κ1) is 25.0. The Hall–Kier alpha value is -3.63. The Morgan fingerprint density at radius 2 is 2.03 bits per heavy atom. The van der Waals surface area contributed by atoms with Gasteiger partial charge in [0.25, 0.3) is 0 Å². The van der Waals surface area contributed by atoms with Gasteiger partial charge in [-0.1, -0.05) is 0 Å². The fourth-order valence-electron chi connectivity index (χ4n) is 4.91. The van der Waals surface area contributed by atoms with Gasteiger partial charge in [-0.3, -0.25) is 4.90 Å². The number of rotatable bonds is 7. The number of aromatic nitrogens is 3. The second kappa shape index (κ2) is 10.0. The topological polar surface area (TPSA) is 118 Å². The number of amides is 1. The number of nitrogens with zero attached hydrogens (tertiary/aromatic N) is 3. The lowest BCUT2D eigenvalue weighted by Gasteiger charge is -2.42. The van der Waals surface area contributed by atoms with Crippen LogP contribution in [0.2, 0.25) is 0 Å². The Balaban J connectivity index is 1.29. The maximum absolute atomic E-state index is 12.5. The van der Waals surface area contributed by atoms with Crippen molar-refractivity contribution < 1.29 is 18.7 Å². The Morgan fingerprint density at radius 1 is 1.22 bits per heavy atom. The van der Waals surface area contributed by atoms with E-state index in [-0.39, 0.29) is 0 Å². The molecule has 0 bridgehead atoms. The number of benzene rings is 1. The third-order valence-electron chi connectivity index (χ3n) is 6.66.